The van der Waals surface area contributed by atoms with Crippen LogP contribution in [0.2, 0.25) is 0 Å². The highest BCUT2D eigenvalue weighted by atomic mass is 79.9. The highest BCUT2D eigenvalue weighted by molar-refractivity contribution is 9.10. The van der Waals surface area contributed by atoms with Crippen molar-refractivity contribution in [2.45, 2.75) is 19.5 Å². The minimum absolute atomic E-state index is 0.00483. The minimum Gasteiger partial charge on any atom is -0.324 e. The number of nitrogens with one attached hydrogen (secondary N) is 2. The molecule has 0 aromatic heterocycles. The molecule has 3 rings (SSSR count). The Kier molecular flexibility index (Phi) is 3.59. The van der Waals surface area contributed by atoms with Gasteiger partial charge in [0, 0.05) is 22.3 Å². The summed E-state index contributed by atoms with van der Waals surface area (Å²) in [5, 5.41) is 6.22. The fourth-order valence-electron chi connectivity index (χ4n) is 2.36. The van der Waals surface area contributed by atoms with Crippen molar-refractivity contribution in [2.75, 3.05) is 5.32 Å². The van der Waals surface area contributed by atoms with E-state index in [1.165, 1.54) is 11.1 Å². The van der Waals surface area contributed by atoms with Crippen LogP contribution in [0.3, 0.4) is 0 Å². The average molecular weight is 331 g/mol. The molecule has 0 spiro atoms. The van der Waals surface area contributed by atoms with Gasteiger partial charge in [-0.25, -0.2) is 0 Å². The monoisotopic (exact) mass is 330 g/mol. The quantitative estimate of drug-likeness (QED) is 0.903. The summed E-state index contributed by atoms with van der Waals surface area (Å²) in [5.41, 5.74) is 4.30. The van der Waals surface area contributed by atoms with Gasteiger partial charge in [-0.2, -0.15) is 0 Å². The van der Waals surface area contributed by atoms with Crippen molar-refractivity contribution < 1.29 is 4.79 Å². The van der Waals surface area contributed by atoms with Gasteiger partial charge >= 0.3 is 0 Å². The van der Waals surface area contributed by atoms with Gasteiger partial charge in [-0.15, -0.1) is 0 Å². The van der Waals surface area contributed by atoms with Crippen LogP contribution in [-0.4, -0.2) is 5.91 Å². The number of carbonyl (C=O) groups excluding carboxylic acids is 1. The van der Waals surface area contributed by atoms with E-state index in [0.29, 0.717) is 6.54 Å². The number of rotatable bonds is 3. The Morgan fingerprint density at radius 2 is 1.95 bits per heavy atom. The first-order chi connectivity index (χ1) is 9.63. The van der Waals surface area contributed by atoms with Crippen molar-refractivity contribution in [3.05, 3.63) is 63.6 Å². The van der Waals surface area contributed by atoms with Crippen molar-refractivity contribution in [3.63, 3.8) is 0 Å². The predicted molar refractivity (Wildman–Crippen MR) is 83.5 cm³/mol. The first kappa shape index (κ1) is 13.3. The molecule has 0 fully saturated rings. The average Bonchev–Trinajstić information content (AvgIpc) is 2.73. The molecule has 1 aliphatic heterocycles. The van der Waals surface area contributed by atoms with Gasteiger partial charge in [0.2, 0.25) is 5.91 Å². The smallest absolute Gasteiger partial charge is 0.246 e. The fourth-order valence-corrected chi connectivity index (χ4v) is 2.72. The van der Waals surface area contributed by atoms with Gasteiger partial charge in [-0.05, 0) is 24.6 Å². The van der Waals surface area contributed by atoms with E-state index in [1.54, 1.807) is 0 Å². The van der Waals surface area contributed by atoms with E-state index >= 15 is 0 Å². The maximum Gasteiger partial charge on any atom is 0.246 e. The lowest BCUT2D eigenvalue weighted by Crippen LogP contribution is -2.27. The molecule has 2 N–H and O–H groups in total. The molecule has 0 saturated heterocycles. The molecule has 0 saturated carbocycles. The minimum atomic E-state index is -0.278. The van der Waals surface area contributed by atoms with Gasteiger partial charge in [-0.1, -0.05) is 51.8 Å². The number of aryl methyl sites for hydroxylation is 1. The summed E-state index contributed by atoms with van der Waals surface area (Å²) in [6.07, 6.45) is 0. The van der Waals surface area contributed by atoms with Gasteiger partial charge < -0.3 is 5.32 Å². The zero-order chi connectivity index (χ0) is 14.1. The highest BCUT2D eigenvalue weighted by Crippen LogP contribution is 2.33. The van der Waals surface area contributed by atoms with Crippen LogP contribution in [0.15, 0.2) is 46.9 Å². The molecule has 2 aromatic carbocycles. The number of hydrogen-bond acceptors (Lipinski definition) is 2. The van der Waals surface area contributed by atoms with Crippen molar-refractivity contribution >= 4 is 27.5 Å². The summed E-state index contributed by atoms with van der Waals surface area (Å²) < 4.78 is 0.968. The van der Waals surface area contributed by atoms with Gasteiger partial charge in [0.25, 0.3) is 0 Å². The second-order valence-electron chi connectivity index (χ2n) is 5.02. The van der Waals surface area contributed by atoms with Crippen molar-refractivity contribution in [3.8, 4) is 0 Å². The van der Waals surface area contributed by atoms with Gasteiger partial charge in [0.1, 0.15) is 6.04 Å². The predicted octanol–water partition coefficient (Wildman–Crippen LogP) is 3.54. The topological polar surface area (TPSA) is 41.1 Å². The molecular formula is C16H15BrN2O. The molecular weight excluding hydrogens is 316 g/mol. The van der Waals surface area contributed by atoms with E-state index in [4.69, 9.17) is 0 Å². The number of fused-ring (bicyclic) bond motifs is 1. The van der Waals surface area contributed by atoms with Gasteiger partial charge in [0.05, 0.1) is 0 Å². The number of anilines is 1. The van der Waals surface area contributed by atoms with Crippen LogP contribution in [-0.2, 0) is 11.3 Å². The lowest BCUT2D eigenvalue weighted by Gasteiger charge is -2.11. The molecule has 0 aliphatic carbocycles. The number of benzene rings is 2. The summed E-state index contributed by atoms with van der Waals surface area (Å²) >= 11 is 3.42. The number of carbonyl (C=O) groups is 1. The Morgan fingerprint density at radius 3 is 2.70 bits per heavy atom. The van der Waals surface area contributed by atoms with E-state index < -0.39 is 0 Å². The van der Waals surface area contributed by atoms with Crippen LogP contribution in [0.5, 0.6) is 0 Å². The lowest BCUT2D eigenvalue weighted by molar-refractivity contribution is -0.117. The van der Waals surface area contributed by atoms with E-state index in [0.717, 1.165) is 15.7 Å². The third-order valence-corrected chi connectivity index (χ3v) is 3.97. The molecule has 20 heavy (non-hydrogen) atoms. The van der Waals surface area contributed by atoms with Crippen LogP contribution in [0.1, 0.15) is 22.7 Å². The van der Waals surface area contributed by atoms with Gasteiger partial charge in [0.15, 0.2) is 0 Å². The SMILES string of the molecule is Cc1ccc(CNC2C(=O)Nc3cc(Br)ccc32)cc1. The second-order valence-corrected chi connectivity index (χ2v) is 5.94. The van der Waals surface area contributed by atoms with Crippen molar-refractivity contribution in [2.24, 2.45) is 0 Å². The van der Waals surface area contributed by atoms with Crippen LogP contribution in [0.25, 0.3) is 0 Å². The van der Waals surface area contributed by atoms with E-state index in [9.17, 15) is 4.79 Å². The lowest BCUT2D eigenvalue weighted by atomic mass is 10.1. The Hall–Kier alpha value is -1.65. The third-order valence-electron chi connectivity index (χ3n) is 3.48. The van der Waals surface area contributed by atoms with Gasteiger partial charge in [-0.3, -0.25) is 10.1 Å². The van der Waals surface area contributed by atoms with Crippen LogP contribution < -0.4 is 10.6 Å². The number of halogens is 1. The molecule has 4 heteroatoms. The Bertz CT molecular complexity index is 652. The van der Waals surface area contributed by atoms with E-state index in [1.807, 2.05) is 18.2 Å². The molecule has 2 aromatic rings. The Balaban J connectivity index is 1.75. The summed E-state index contributed by atoms with van der Waals surface area (Å²) in [6, 6.07) is 13.9. The Morgan fingerprint density at radius 1 is 1.20 bits per heavy atom. The summed E-state index contributed by atoms with van der Waals surface area (Å²) in [6.45, 7) is 2.74. The van der Waals surface area contributed by atoms with Crippen LogP contribution >= 0.6 is 15.9 Å². The molecule has 0 radical (unpaired) electrons. The summed E-state index contributed by atoms with van der Waals surface area (Å²) in [5.74, 6) is 0.00483. The number of hydrogen-bond donors (Lipinski definition) is 2. The molecule has 3 nitrogen and oxygen atoms in total. The Labute approximate surface area is 126 Å². The molecule has 1 aliphatic rings. The molecule has 0 bridgehead atoms. The zero-order valence-corrected chi connectivity index (χ0v) is 12.7. The van der Waals surface area contributed by atoms with Crippen molar-refractivity contribution in [1.29, 1.82) is 0 Å². The standard InChI is InChI=1S/C16H15BrN2O/c1-10-2-4-11(5-3-10)9-18-15-13-7-6-12(17)8-14(13)19-16(15)20/h2-8,15,18H,9H2,1H3,(H,19,20). The van der Waals surface area contributed by atoms with E-state index in [-0.39, 0.29) is 11.9 Å². The van der Waals surface area contributed by atoms with Crippen molar-refractivity contribution in [1.82, 2.24) is 5.32 Å². The highest BCUT2D eigenvalue weighted by Gasteiger charge is 2.29. The second kappa shape index (κ2) is 5.38. The molecule has 1 heterocycles. The maximum atomic E-state index is 12.0. The van der Waals surface area contributed by atoms with Crippen LogP contribution in [0.4, 0.5) is 5.69 Å². The fraction of sp³-hybridized carbons (Fsp3) is 0.188. The maximum absolute atomic E-state index is 12.0. The summed E-state index contributed by atoms with van der Waals surface area (Å²) in [4.78, 5) is 12.0. The summed E-state index contributed by atoms with van der Waals surface area (Å²) in [7, 11) is 0. The zero-order valence-electron chi connectivity index (χ0n) is 11.1. The first-order valence-electron chi connectivity index (χ1n) is 6.53. The number of amides is 1. The molecule has 102 valence electrons. The van der Waals surface area contributed by atoms with Crippen LogP contribution in [0, 0.1) is 6.92 Å². The molecule has 1 amide bonds. The largest absolute Gasteiger partial charge is 0.324 e. The normalized spacial score (nSPS) is 16.9. The first-order valence-corrected chi connectivity index (χ1v) is 7.32. The molecule has 1 unspecified atom stereocenters. The van der Waals surface area contributed by atoms with E-state index in [2.05, 4.69) is 57.8 Å². The third kappa shape index (κ3) is 2.62. The molecule has 1 atom stereocenters.